The van der Waals surface area contributed by atoms with E-state index in [0.29, 0.717) is 12.3 Å². The standard InChI is InChI=1S/C33H39FN8O2/c1-20-29(40-15-11-33(12-16-40)19-21-18-22(34)8-9-23(21)28(33)35)37-30-27(36-20)31(38-42(30)26-7-3-4-17-44-26)41-13-5-6-24-25(41)10-14-39(2)32(24)43/h8-10,14,18,26,28H,3-7,11-13,15-17,19,35H2,1-2H3/t26?,28-/m1/s1. The van der Waals surface area contributed by atoms with Crippen LogP contribution >= 0.6 is 0 Å². The van der Waals surface area contributed by atoms with Crippen LogP contribution in [0, 0.1) is 18.2 Å². The number of rotatable bonds is 3. The van der Waals surface area contributed by atoms with Crippen molar-refractivity contribution in [1.29, 1.82) is 0 Å². The summed E-state index contributed by atoms with van der Waals surface area (Å²) in [6.07, 6.45) is 8.81. The Kier molecular flexibility index (Phi) is 6.53. The van der Waals surface area contributed by atoms with E-state index in [1.54, 1.807) is 17.7 Å². The highest BCUT2D eigenvalue weighted by Crippen LogP contribution is 2.51. The minimum atomic E-state index is -0.210. The van der Waals surface area contributed by atoms with E-state index in [2.05, 4.69) is 9.80 Å². The third kappa shape index (κ3) is 4.27. The van der Waals surface area contributed by atoms with Crippen molar-refractivity contribution in [2.24, 2.45) is 18.2 Å². The predicted octanol–water partition coefficient (Wildman–Crippen LogP) is 4.60. The van der Waals surface area contributed by atoms with Crippen LogP contribution in [0.2, 0.25) is 0 Å². The number of halogens is 1. The number of ether oxygens (including phenoxy) is 1. The molecule has 1 spiro atoms. The van der Waals surface area contributed by atoms with Crippen molar-refractivity contribution in [1.82, 2.24) is 24.3 Å². The van der Waals surface area contributed by atoms with Crippen molar-refractivity contribution in [2.45, 2.75) is 70.6 Å². The molecule has 230 valence electrons. The number of hydrogen-bond donors (Lipinski definition) is 1. The van der Waals surface area contributed by atoms with Crippen LogP contribution < -0.4 is 21.1 Å². The number of nitrogens with zero attached hydrogens (tertiary/aromatic N) is 7. The molecule has 2 N–H and O–H groups in total. The van der Waals surface area contributed by atoms with Crippen LogP contribution in [0.5, 0.6) is 0 Å². The lowest BCUT2D eigenvalue weighted by molar-refractivity contribution is -0.0368. The van der Waals surface area contributed by atoms with Crippen molar-refractivity contribution >= 4 is 28.5 Å². The zero-order chi connectivity index (χ0) is 30.2. The summed E-state index contributed by atoms with van der Waals surface area (Å²) in [6.45, 7) is 5.06. The van der Waals surface area contributed by atoms with E-state index < -0.39 is 0 Å². The highest BCUT2D eigenvalue weighted by molar-refractivity contribution is 5.89. The SMILES string of the molecule is Cc1nc2c(N3CCCc4c3ccn(C)c4=O)nn(C3CCCCO3)c2nc1N1CCC2(CC1)Cc1cc(F)ccc1[C@H]2N. The molecule has 10 nitrogen and oxygen atoms in total. The second-order valence-electron chi connectivity index (χ2n) is 13.1. The highest BCUT2D eigenvalue weighted by atomic mass is 19.1. The molecule has 1 aromatic carbocycles. The maximum absolute atomic E-state index is 14.0. The lowest BCUT2D eigenvalue weighted by Crippen LogP contribution is -2.45. The maximum atomic E-state index is 14.0. The lowest BCUT2D eigenvalue weighted by Gasteiger charge is -2.42. The van der Waals surface area contributed by atoms with Gasteiger partial charge in [0.1, 0.15) is 5.82 Å². The Balaban J connectivity index is 1.16. The molecule has 2 fully saturated rings. The summed E-state index contributed by atoms with van der Waals surface area (Å²) >= 11 is 0. The van der Waals surface area contributed by atoms with Gasteiger partial charge in [0.15, 0.2) is 29.0 Å². The van der Waals surface area contributed by atoms with E-state index in [9.17, 15) is 9.18 Å². The Hall–Kier alpha value is -3.83. The van der Waals surface area contributed by atoms with E-state index in [4.69, 9.17) is 25.5 Å². The van der Waals surface area contributed by atoms with Crippen LogP contribution in [0.15, 0.2) is 35.3 Å². The highest BCUT2D eigenvalue weighted by Gasteiger charge is 2.46. The zero-order valence-electron chi connectivity index (χ0n) is 25.4. The molecule has 8 rings (SSSR count). The van der Waals surface area contributed by atoms with Crippen molar-refractivity contribution in [3.63, 3.8) is 0 Å². The minimum absolute atomic E-state index is 0.0363. The number of nitrogens with two attached hydrogens (primary N) is 1. The first-order valence-corrected chi connectivity index (χ1v) is 16.0. The molecule has 1 aliphatic carbocycles. The molecule has 3 aliphatic heterocycles. The molecule has 11 heteroatoms. The summed E-state index contributed by atoms with van der Waals surface area (Å²) in [7, 11) is 1.80. The number of piperidine rings is 1. The smallest absolute Gasteiger partial charge is 0.255 e. The Bertz CT molecular complexity index is 1820. The molecular formula is C33H39FN8O2. The fourth-order valence-electron chi connectivity index (χ4n) is 8.02. The average molecular weight is 599 g/mol. The quantitative estimate of drug-likeness (QED) is 0.365. The van der Waals surface area contributed by atoms with Crippen LogP contribution in [0.3, 0.4) is 0 Å². The first-order valence-electron chi connectivity index (χ1n) is 16.0. The normalized spacial score (nSPS) is 22.9. The number of pyridine rings is 1. The second kappa shape index (κ2) is 10.4. The molecule has 44 heavy (non-hydrogen) atoms. The van der Waals surface area contributed by atoms with E-state index in [-0.39, 0.29) is 29.1 Å². The molecule has 0 amide bonds. The number of aromatic nitrogens is 5. The fourth-order valence-corrected chi connectivity index (χ4v) is 8.02. The Labute approximate surface area is 255 Å². The number of fused-ring (bicyclic) bond motifs is 3. The van der Waals surface area contributed by atoms with Crippen molar-refractivity contribution in [3.05, 3.63) is 69.0 Å². The number of benzene rings is 1. The van der Waals surface area contributed by atoms with Gasteiger partial charge in [-0.2, -0.15) is 0 Å². The Morgan fingerprint density at radius 3 is 2.70 bits per heavy atom. The summed E-state index contributed by atoms with van der Waals surface area (Å²) in [4.78, 5) is 27.9. The van der Waals surface area contributed by atoms with Gasteiger partial charge in [0.25, 0.3) is 5.56 Å². The third-order valence-corrected chi connectivity index (χ3v) is 10.5. The van der Waals surface area contributed by atoms with Gasteiger partial charge in [0.05, 0.1) is 11.4 Å². The lowest BCUT2D eigenvalue weighted by atomic mass is 9.73. The van der Waals surface area contributed by atoms with Crippen LogP contribution in [0.25, 0.3) is 11.2 Å². The summed E-state index contributed by atoms with van der Waals surface area (Å²) in [5.74, 6) is 1.39. The summed E-state index contributed by atoms with van der Waals surface area (Å²) in [6, 6.07) is 6.97. The van der Waals surface area contributed by atoms with E-state index in [1.807, 2.05) is 29.9 Å². The van der Waals surface area contributed by atoms with Gasteiger partial charge in [-0.15, -0.1) is 5.10 Å². The molecule has 0 radical (unpaired) electrons. The first kappa shape index (κ1) is 27.7. The van der Waals surface area contributed by atoms with E-state index >= 15 is 0 Å². The molecule has 4 aliphatic rings. The van der Waals surface area contributed by atoms with Gasteiger partial charge >= 0.3 is 0 Å². The summed E-state index contributed by atoms with van der Waals surface area (Å²) in [5, 5.41) is 5.13. The molecule has 6 heterocycles. The monoisotopic (exact) mass is 598 g/mol. The molecule has 0 bridgehead atoms. The second-order valence-corrected chi connectivity index (χ2v) is 13.1. The van der Waals surface area contributed by atoms with Gasteiger partial charge in [-0.25, -0.2) is 19.0 Å². The van der Waals surface area contributed by atoms with Crippen molar-refractivity contribution in [2.75, 3.05) is 36.0 Å². The molecule has 2 atom stereocenters. The van der Waals surface area contributed by atoms with Gasteiger partial charge < -0.3 is 24.8 Å². The van der Waals surface area contributed by atoms with Crippen molar-refractivity contribution in [3.8, 4) is 0 Å². The van der Waals surface area contributed by atoms with Gasteiger partial charge in [-0.3, -0.25) is 4.79 Å². The molecule has 3 aromatic heterocycles. The zero-order valence-corrected chi connectivity index (χ0v) is 25.4. The van der Waals surface area contributed by atoms with E-state index in [1.165, 1.54) is 6.07 Å². The van der Waals surface area contributed by atoms with Crippen LogP contribution in [-0.4, -0.2) is 50.6 Å². The first-order chi connectivity index (χ1) is 21.3. The van der Waals surface area contributed by atoms with Crippen LogP contribution in [-0.2, 0) is 24.6 Å². The van der Waals surface area contributed by atoms with Gasteiger partial charge in [0.2, 0.25) is 0 Å². The van der Waals surface area contributed by atoms with Gasteiger partial charge in [0, 0.05) is 51.1 Å². The van der Waals surface area contributed by atoms with Crippen LogP contribution in [0.4, 0.5) is 21.7 Å². The number of aryl methyl sites for hydroxylation is 2. The van der Waals surface area contributed by atoms with Gasteiger partial charge in [-0.1, -0.05) is 6.07 Å². The number of hydrogen-bond acceptors (Lipinski definition) is 8. The maximum Gasteiger partial charge on any atom is 0.255 e. The molecule has 4 aromatic rings. The minimum Gasteiger partial charge on any atom is -0.356 e. The molecule has 2 saturated heterocycles. The Morgan fingerprint density at radius 2 is 1.91 bits per heavy atom. The van der Waals surface area contributed by atoms with E-state index in [0.717, 1.165) is 116 Å². The molecule has 0 saturated carbocycles. The molecular weight excluding hydrogens is 559 g/mol. The van der Waals surface area contributed by atoms with Crippen molar-refractivity contribution < 1.29 is 9.13 Å². The summed E-state index contributed by atoms with van der Waals surface area (Å²) < 4.78 is 23.8. The molecule has 1 unspecified atom stereocenters. The van der Waals surface area contributed by atoms with Gasteiger partial charge in [-0.05, 0) is 93.0 Å². The largest absolute Gasteiger partial charge is 0.356 e. The van der Waals surface area contributed by atoms with Crippen LogP contribution in [0.1, 0.15) is 73.2 Å². The average Bonchev–Trinajstić information content (AvgIpc) is 3.53. The predicted molar refractivity (Wildman–Crippen MR) is 167 cm³/mol. The fraction of sp³-hybridized carbons (Fsp3) is 0.515. The number of anilines is 3. The Morgan fingerprint density at radius 1 is 1.07 bits per heavy atom. The third-order valence-electron chi connectivity index (χ3n) is 10.5. The summed E-state index contributed by atoms with van der Waals surface area (Å²) in [5.41, 5.74) is 12.9. The topological polar surface area (TPSA) is 107 Å².